The van der Waals surface area contributed by atoms with Crippen molar-refractivity contribution < 1.29 is 14.3 Å². The van der Waals surface area contributed by atoms with E-state index in [9.17, 15) is 4.79 Å². The highest BCUT2D eigenvalue weighted by Crippen LogP contribution is 2.33. The maximum atomic E-state index is 12.6. The summed E-state index contributed by atoms with van der Waals surface area (Å²) in [4.78, 5) is 16.8. The molecule has 0 unspecified atom stereocenters. The first kappa shape index (κ1) is 18.1. The highest BCUT2D eigenvalue weighted by atomic mass is 35.5. The molecule has 4 rings (SSSR count). The van der Waals surface area contributed by atoms with Crippen LogP contribution in [0, 0.1) is 6.92 Å². The highest BCUT2D eigenvalue weighted by Gasteiger charge is 2.13. The number of ether oxygens (including phenoxy) is 2. The van der Waals surface area contributed by atoms with Gasteiger partial charge in [-0.3, -0.25) is 9.78 Å². The van der Waals surface area contributed by atoms with E-state index in [2.05, 4.69) is 15.6 Å². The molecule has 1 aliphatic heterocycles. The summed E-state index contributed by atoms with van der Waals surface area (Å²) in [7, 11) is 0. The van der Waals surface area contributed by atoms with Crippen LogP contribution in [-0.4, -0.2) is 24.1 Å². The molecule has 6 nitrogen and oxygen atoms in total. The van der Waals surface area contributed by atoms with Crippen molar-refractivity contribution in [3.8, 4) is 11.5 Å². The smallest absolute Gasteiger partial charge is 0.274 e. The van der Waals surface area contributed by atoms with Crippen molar-refractivity contribution in [1.82, 2.24) is 4.98 Å². The van der Waals surface area contributed by atoms with E-state index in [0.717, 1.165) is 22.7 Å². The Bertz CT molecular complexity index is 1040. The Morgan fingerprint density at radius 2 is 1.82 bits per heavy atom. The predicted molar refractivity (Wildman–Crippen MR) is 109 cm³/mol. The van der Waals surface area contributed by atoms with Gasteiger partial charge in [0.2, 0.25) is 0 Å². The second-order valence-electron chi connectivity index (χ2n) is 6.28. The van der Waals surface area contributed by atoms with Crippen LogP contribution in [0.4, 0.5) is 17.1 Å². The predicted octanol–water partition coefficient (Wildman–Crippen LogP) is 4.81. The minimum Gasteiger partial charge on any atom is -0.486 e. The van der Waals surface area contributed by atoms with Crippen molar-refractivity contribution >= 4 is 34.6 Å². The van der Waals surface area contributed by atoms with Crippen LogP contribution in [0.1, 0.15) is 16.1 Å². The molecule has 7 heteroatoms. The van der Waals surface area contributed by atoms with Crippen molar-refractivity contribution in [3.63, 3.8) is 0 Å². The number of amides is 1. The molecule has 0 saturated carbocycles. The first-order valence-electron chi connectivity index (χ1n) is 8.79. The number of hydrogen-bond acceptors (Lipinski definition) is 5. The number of fused-ring (bicyclic) bond motifs is 1. The molecular weight excluding hydrogens is 378 g/mol. The van der Waals surface area contributed by atoms with E-state index in [-0.39, 0.29) is 5.91 Å². The fourth-order valence-corrected chi connectivity index (χ4v) is 3.02. The molecule has 0 fully saturated rings. The average Bonchev–Trinajstić information content (AvgIpc) is 2.71. The van der Waals surface area contributed by atoms with E-state index < -0.39 is 0 Å². The van der Waals surface area contributed by atoms with Gasteiger partial charge in [-0.1, -0.05) is 17.7 Å². The second-order valence-corrected chi connectivity index (χ2v) is 6.69. The standard InChI is InChI=1S/C21H18ClN3O3/c1-13-16(22)3-2-4-17(13)25-21(26)18-11-15(7-8-23-18)24-14-5-6-19-20(12-14)28-10-9-27-19/h2-8,11-12H,9-10H2,1H3,(H,23,24)(H,25,26). The van der Waals surface area contributed by atoms with Crippen molar-refractivity contribution in [2.75, 3.05) is 23.8 Å². The van der Waals surface area contributed by atoms with Crippen LogP contribution in [0.5, 0.6) is 11.5 Å². The topological polar surface area (TPSA) is 72.5 Å². The molecule has 1 aliphatic rings. The SMILES string of the molecule is Cc1c(Cl)cccc1NC(=O)c1cc(Nc2ccc3c(c2)OCCO3)ccn1. The molecule has 2 N–H and O–H groups in total. The van der Waals surface area contributed by atoms with E-state index in [0.29, 0.717) is 35.4 Å². The Balaban J connectivity index is 1.51. The fraction of sp³-hybridized carbons (Fsp3) is 0.143. The first-order chi connectivity index (χ1) is 13.6. The highest BCUT2D eigenvalue weighted by molar-refractivity contribution is 6.31. The van der Waals surface area contributed by atoms with Crippen molar-refractivity contribution in [1.29, 1.82) is 0 Å². The van der Waals surface area contributed by atoms with Crippen LogP contribution in [0.25, 0.3) is 0 Å². The van der Waals surface area contributed by atoms with Gasteiger partial charge < -0.3 is 20.1 Å². The van der Waals surface area contributed by atoms with Crippen molar-refractivity contribution in [2.45, 2.75) is 6.92 Å². The second kappa shape index (κ2) is 7.78. The van der Waals surface area contributed by atoms with Crippen LogP contribution < -0.4 is 20.1 Å². The Morgan fingerprint density at radius 3 is 2.68 bits per heavy atom. The third-order valence-corrected chi connectivity index (χ3v) is 4.75. The van der Waals surface area contributed by atoms with Gasteiger partial charge in [-0.25, -0.2) is 0 Å². The minimum absolute atomic E-state index is 0.293. The zero-order valence-electron chi connectivity index (χ0n) is 15.2. The number of carbonyl (C=O) groups excluding carboxylic acids is 1. The normalized spacial score (nSPS) is 12.4. The van der Waals surface area contributed by atoms with E-state index in [4.69, 9.17) is 21.1 Å². The fourth-order valence-electron chi connectivity index (χ4n) is 2.85. The molecule has 0 spiro atoms. The van der Waals surface area contributed by atoms with Crippen LogP contribution >= 0.6 is 11.6 Å². The molecule has 1 amide bonds. The van der Waals surface area contributed by atoms with Gasteiger partial charge in [-0.05, 0) is 48.9 Å². The Kier molecular flexibility index (Phi) is 5.04. The molecule has 0 atom stereocenters. The van der Waals surface area contributed by atoms with Gasteiger partial charge in [0.15, 0.2) is 11.5 Å². The molecule has 3 aromatic rings. The van der Waals surface area contributed by atoms with Crippen LogP contribution in [-0.2, 0) is 0 Å². The lowest BCUT2D eigenvalue weighted by molar-refractivity contribution is 0.102. The summed E-state index contributed by atoms with van der Waals surface area (Å²) in [6, 6.07) is 14.5. The Labute approximate surface area is 167 Å². The average molecular weight is 396 g/mol. The van der Waals surface area contributed by atoms with Crippen molar-refractivity contribution in [3.05, 3.63) is 71.0 Å². The third-order valence-electron chi connectivity index (χ3n) is 4.34. The molecule has 0 bridgehead atoms. The Morgan fingerprint density at radius 1 is 1.04 bits per heavy atom. The lowest BCUT2D eigenvalue weighted by atomic mass is 10.2. The van der Waals surface area contributed by atoms with E-state index >= 15 is 0 Å². The lowest BCUT2D eigenvalue weighted by Gasteiger charge is -2.19. The summed E-state index contributed by atoms with van der Waals surface area (Å²) in [5.41, 5.74) is 3.32. The first-order valence-corrected chi connectivity index (χ1v) is 9.17. The number of benzene rings is 2. The van der Waals surface area contributed by atoms with Gasteiger partial charge in [-0.2, -0.15) is 0 Å². The zero-order valence-corrected chi connectivity index (χ0v) is 15.9. The van der Waals surface area contributed by atoms with Crippen LogP contribution in [0.15, 0.2) is 54.7 Å². The molecule has 0 saturated heterocycles. The van der Waals surface area contributed by atoms with Crippen LogP contribution in [0.3, 0.4) is 0 Å². The summed E-state index contributed by atoms with van der Waals surface area (Å²) in [6.45, 7) is 2.93. The number of carbonyl (C=O) groups is 1. The number of rotatable bonds is 4. The number of hydrogen-bond donors (Lipinski definition) is 2. The number of pyridine rings is 1. The quantitative estimate of drug-likeness (QED) is 0.663. The molecule has 0 radical (unpaired) electrons. The van der Waals surface area contributed by atoms with Gasteiger partial charge in [0.1, 0.15) is 18.9 Å². The maximum absolute atomic E-state index is 12.6. The maximum Gasteiger partial charge on any atom is 0.274 e. The van der Waals surface area contributed by atoms with Gasteiger partial charge in [0, 0.05) is 34.3 Å². The molecule has 2 aromatic carbocycles. The molecule has 1 aromatic heterocycles. The van der Waals surface area contributed by atoms with Gasteiger partial charge in [0.05, 0.1) is 0 Å². The number of nitrogens with one attached hydrogen (secondary N) is 2. The molecule has 2 heterocycles. The van der Waals surface area contributed by atoms with E-state index in [1.807, 2.05) is 25.1 Å². The zero-order chi connectivity index (χ0) is 19.5. The molecule has 0 aliphatic carbocycles. The molecule has 28 heavy (non-hydrogen) atoms. The Hall–Kier alpha value is -3.25. The van der Waals surface area contributed by atoms with Gasteiger partial charge >= 0.3 is 0 Å². The largest absolute Gasteiger partial charge is 0.486 e. The van der Waals surface area contributed by atoms with E-state index in [1.165, 1.54) is 0 Å². The number of aromatic nitrogens is 1. The number of halogens is 1. The van der Waals surface area contributed by atoms with E-state index in [1.54, 1.807) is 36.5 Å². The summed E-state index contributed by atoms with van der Waals surface area (Å²) in [6.07, 6.45) is 1.58. The lowest BCUT2D eigenvalue weighted by Crippen LogP contribution is -2.15. The van der Waals surface area contributed by atoms with Crippen LogP contribution in [0.2, 0.25) is 5.02 Å². The van der Waals surface area contributed by atoms with Crippen molar-refractivity contribution in [2.24, 2.45) is 0 Å². The number of anilines is 3. The molecular formula is C21H18ClN3O3. The summed E-state index contributed by atoms with van der Waals surface area (Å²) < 4.78 is 11.1. The minimum atomic E-state index is -0.309. The summed E-state index contributed by atoms with van der Waals surface area (Å²) in [5, 5.41) is 6.70. The van der Waals surface area contributed by atoms with Gasteiger partial charge in [0.25, 0.3) is 5.91 Å². The number of nitrogens with zero attached hydrogens (tertiary/aromatic N) is 1. The summed E-state index contributed by atoms with van der Waals surface area (Å²) in [5.74, 6) is 1.11. The summed E-state index contributed by atoms with van der Waals surface area (Å²) >= 11 is 6.11. The third kappa shape index (κ3) is 3.87. The van der Waals surface area contributed by atoms with Gasteiger partial charge in [-0.15, -0.1) is 0 Å². The monoisotopic (exact) mass is 395 g/mol. The molecule has 142 valence electrons.